The standard InChI is InChI=1S/C19H21N5O3/c1-13-17(14(2)27-21-13)11-23-7-9-24(10-8-23)19(25)16-5-3-15(4-6-16)18-20-12-26-22-18/h3-6,12H,7-11H2,1-2H3. The summed E-state index contributed by atoms with van der Waals surface area (Å²) >= 11 is 0. The van der Waals surface area contributed by atoms with Gasteiger partial charge in [0.1, 0.15) is 5.76 Å². The van der Waals surface area contributed by atoms with E-state index in [4.69, 9.17) is 9.05 Å². The maximum Gasteiger partial charge on any atom is 0.253 e. The van der Waals surface area contributed by atoms with Crippen molar-refractivity contribution in [2.45, 2.75) is 20.4 Å². The van der Waals surface area contributed by atoms with Gasteiger partial charge in [-0.1, -0.05) is 22.4 Å². The molecular weight excluding hydrogens is 346 g/mol. The Hall–Kier alpha value is -3.00. The van der Waals surface area contributed by atoms with Gasteiger partial charge < -0.3 is 13.9 Å². The number of aryl methyl sites for hydroxylation is 2. The van der Waals surface area contributed by atoms with Crippen molar-refractivity contribution >= 4 is 5.91 Å². The van der Waals surface area contributed by atoms with Crippen LogP contribution in [0.15, 0.2) is 39.7 Å². The van der Waals surface area contributed by atoms with E-state index in [0.717, 1.165) is 42.2 Å². The highest BCUT2D eigenvalue weighted by Crippen LogP contribution is 2.19. The second-order valence-electron chi connectivity index (χ2n) is 6.70. The Labute approximate surface area is 156 Å². The molecule has 2 aromatic heterocycles. The molecule has 0 unspecified atom stereocenters. The number of nitrogens with zero attached hydrogens (tertiary/aromatic N) is 5. The van der Waals surface area contributed by atoms with Crippen LogP contribution < -0.4 is 0 Å². The van der Waals surface area contributed by atoms with Crippen molar-refractivity contribution in [1.82, 2.24) is 25.1 Å². The van der Waals surface area contributed by atoms with Crippen LogP contribution in [0.25, 0.3) is 11.4 Å². The molecule has 0 atom stereocenters. The van der Waals surface area contributed by atoms with Crippen LogP contribution in [0.3, 0.4) is 0 Å². The van der Waals surface area contributed by atoms with Crippen molar-refractivity contribution in [3.05, 3.63) is 53.2 Å². The summed E-state index contributed by atoms with van der Waals surface area (Å²) in [5.41, 5.74) is 3.57. The molecule has 3 heterocycles. The Morgan fingerprint density at radius 2 is 1.81 bits per heavy atom. The maximum atomic E-state index is 12.8. The van der Waals surface area contributed by atoms with Gasteiger partial charge in [0, 0.05) is 49.4 Å². The number of aromatic nitrogens is 3. The van der Waals surface area contributed by atoms with E-state index in [9.17, 15) is 4.79 Å². The van der Waals surface area contributed by atoms with E-state index in [2.05, 4.69) is 20.2 Å². The number of benzene rings is 1. The molecule has 4 rings (SSSR count). The fourth-order valence-electron chi connectivity index (χ4n) is 3.30. The van der Waals surface area contributed by atoms with Crippen LogP contribution in [0.4, 0.5) is 0 Å². The van der Waals surface area contributed by atoms with Gasteiger partial charge in [-0.2, -0.15) is 4.98 Å². The van der Waals surface area contributed by atoms with Gasteiger partial charge in [0.2, 0.25) is 12.2 Å². The van der Waals surface area contributed by atoms with Gasteiger partial charge in [-0.05, 0) is 26.0 Å². The van der Waals surface area contributed by atoms with Gasteiger partial charge >= 0.3 is 0 Å². The van der Waals surface area contributed by atoms with E-state index in [1.165, 1.54) is 6.39 Å². The lowest BCUT2D eigenvalue weighted by atomic mass is 10.1. The van der Waals surface area contributed by atoms with Gasteiger partial charge in [-0.3, -0.25) is 9.69 Å². The predicted molar refractivity (Wildman–Crippen MR) is 96.9 cm³/mol. The number of amides is 1. The molecule has 1 fully saturated rings. The first kappa shape index (κ1) is 17.4. The van der Waals surface area contributed by atoms with E-state index in [0.29, 0.717) is 24.5 Å². The number of carbonyl (C=O) groups is 1. The second-order valence-corrected chi connectivity index (χ2v) is 6.70. The molecule has 1 aliphatic heterocycles. The molecule has 0 bridgehead atoms. The fourth-order valence-corrected chi connectivity index (χ4v) is 3.30. The largest absolute Gasteiger partial charge is 0.361 e. The van der Waals surface area contributed by atoms with E-state index in [-0.39, 0.29) is 5.91 Å². The molecule has 1 saturated heterocycles. The number of piperazine rings is 1. The molecular formula is C19H21N5O3. The lowest BCUT2D eigenvalue weighted by Gasteiger charge is -2.34. The lowest BCUT2D eigenvalue weighted by Crippen LogP contribution is -2.48. The summed E-state index contributed by atoms with van der Waals surface area (Å²) in [4.78, 5) is 21.0. The summed E-state index contributed by atoms with van der Waals surface area (Å²) in [6, 6.07) is 7.30. The first-order chi connectivity index (χ1) is 13.1. The van der Waals surface area contributed by atoms with Crippen molar-refractivity contribution in [2.75, 3.05) is 26.2 Å². The molecule has 3 aromatic rings. The Balaban J connectivity index is 1.36. The molecule has 0 saturated carbocycles. The third-order valence-corrected chi connectivity index (χ3v) is 4.97. The van der Waals surface area contributed by atoms with Gasteiger partial charge in [-0.25, -0.2) is 0 Å². The highest BCUT2D eigenvalue weighted by Gasteiger charge is 2.23. The van der Waals surface area contributed by atoms with Crippen LogP contribution in [0.1, 0.15) is 27.4 Å². The molecule has 27 heavy (non-hydrogen) atoms. The Bertz CT molecular complexity index is 890. The maximum absolute atomic E-state index is 12.8. The number of hydrogen-bond donors (Lipinski definition) is 0. The van der Waals surface area contributed by atoms with Crippen LogP contribution in [0.2, 0.25) is 0 Å². The number of rotatable bonds is 4. The van der Waals surface area contributed by atoms with E-state index >= 15 is 0 Å². The monoisotopic (exact) mass is 367 g/mol. The lowest BCUT2D eigenvalue weighted by molar-refractivity contribution is 0.0627. The Morgan fingerprint density at radius 3 is 2.41 bits per heavy atom. The number of carbonyl (C=O) groups excluding carboxylic acids is 1. The molecule has 8 nitrogen and oxygen atoms in total. The minimum absolute atomic E-state index is 0.0478. The highest BCUT2D eigenvalue weighted by atomic mass is 16.5. The van der Waals surface area contributed by atoms with Crippen molar-refractivity contribution in [3.63, 3.8) is 0 Å². The summed E-state index contributed by atoms with van der Waals surface area (Å²) in [7, 11) is 0. The molecule has 1 aromatic carbocycles. The SMILES string of the molecule is Cc1noc(C)c1CN1CCN(C(=O)c2ccc(-c3ncon3)cc2)CC1. The molecule has 1 amide bonds. The topological polar surface area (TPSA) is 88.5 Å². The van der Waals surface area contributed by atoms with Crippen LogP contribution in [0, 0.1) is 13.8 Å². The summed E-state index contributed by atoms with van der Waals surface area (Å²) in [5.74, 6) is 1.43. The van der Waals surface area contributed by atoms with Gasteiger partial charge in [0.25, 0.3) is 5.91 Å². The van der Waals surface area contributed by atoms with Gasteiger partial charge in [-0.15, -0.1) is 0 Å². The zero-order valence-electron chi connectivity index (χ0n) is 15.4. The van der Waals surface area contributed by atoms with Crippen LogP contribution in [-0.2, 0) is 6.54 Å². The summed E-state index contributed by atoms with van der Waals surface area (Å²) in [6.45, 7) is 7.77. The summed E-state index contributed by atoms with van der Waals surface area (Å²) in [5, 5.41) is 7.81. The normalized spacial score (nSPS) is 15.3. The van der Waals surface area contributed by atoms with E-state index < -0.39 is 0 Å². The molecule has 1 aliphatic rings. The predicted octanol–water partition coefficient (Wildman–Crippen LogP) is 2.30. The summed E-state index contributed by atoms with van der Waals surface area (Å²) < 4.78 is 9.99. The fraction of sp³-hybridized carbons (Fsp3) is 0.368. The molecule has 8 heteroatoms. The quantitative estimate of drug-likeness (QED) is 0.699. The van der Waals surface area contributed by atoms with Crippen molar-refractivity contribution in [2.24, 2.45) is 0 Å². The molecule has 140 valence electrons. The molecule has 0 aliphatic carbocycles. The zero-order valence-corrected chi connectivity index (χ0v) is 15.4. The third-order valence-electron chi connectivity index (χ3n) is 4.97. The van der Waals surface area contributed by atoms with Crippen LogP contribution >= 0.6 is 0 Å². The average molecular weight is 367 g/mol. The minimum Gasteiger partial charge on any atom is -0.361 e. The Morgan fingerprint density at radius 1 is 1.07 bits per heavy atom. The smallest absolute Gasteiger partial charge is 0.253 e. The van der Waals surface area contributed by atoms with E-state index in [1.807, 2.05) is 43.0 Å². The highest BCUT2D eigenvalue weighted by molar-refractivity contribution is 5.94. The van der Waals surface area contributed by atoms with Crippen LogP contribution in [0.5, 0.6) is 0 Å². The van der Waals surface area contributed by atoms with Gasteiger partial charge in [0.15, 0.2) is 0 Å². The van der Waals surface area contributed by atoms with Crippen LogP contribution in [-0.4, -0.2) is 57.2 Å². The van der Waals surface area contributed by atoms with Crippen molar-refractivity contribution in [1.29, 1.82) is 0 Å². The molecule has 0 spiro atoms. The molecule has 0 N–H and O–H groups in total. The average Bonchev–Trinajstić information content (AvgIpc) is 3.34. The van der Waals surface area contributed by atoms with Crippen molar-refractivity contribution < 1.29 is 13.8 Å². The third kappa shape index (κ3) is 3.61. The first-order valence-corrected chi connectivity index (χ1v) is 8.92. The number of hydrogen-bond acceptors (Lipinski definition) is 7. The van der Waals surface area contributed by atoms with Gasteiger partial charge in [0.05, 0.1) is 5.69 Å². The summed E-state index contributed by atoms with van der Waals surface area (Å²) in [6.07, 6.45) is 1.29. The van der Waals surface area contributed by atoms with Crippen molar-refractivity contribution in [3.8, 4) is 11.4 Å². The molecule has 0 radical (unpaired) electrons. The van der Waals surface area contributed by atoms with E-state index in [1.54, 1.807) is 0 Å². The minimum atomic E-state index is 0.0478. The second kappa shape index (κ2) is 7.32. The Kier molecular flexibility index (Phi) is 4.72. The zero-order chi connectivity index (χ0) is 18.8. The first-order valence-electron chi connectivity index (χ1n) is 8.92.